The van der Waals surface area contributed by atoms with Gasteiger partial charge in [0, 0.05) is 62.3 Å². The standard InChI is InChI=1S/C22H20F2N6/c23-17-4-3-16(19(24)14-17)15-29-10-12-30(13-11-29)22-27-9-6-21(28-22)18-2-1-8-26-20(18)5-7-25/h1-4,6,8-9,14H,5,10-13,15H2. The highest BCUT2D eigenvalue weighted by molar-refractivity contribution is 5.63. The predicted octanol–water partition coefficient (Wildman–Crippen LogP) is 3.21. The molecule has 0 saturated carbocycles. The molecule has 8 heteroatoms. The Balaban J connectivity index is 1.44. The lowest BCUT2D eigenvalue weighted by atomic mass is 10.1. The third kappa shape index (κ3) is 4.42. The maximum absolute atomic E-state index is 13.9. The summed E-state index contributed by atoms with van der Waals surface area (Å²) >= 11 is 0. The number of piperazine rings is 1. The van der Waals surface area contributed by atoms with Crippen molar-refractivity contribution in [2.24, 2.45) is 0 Å². The average molecular weight is 406 g/mol. The molecule has 1 aliphatic heterocycles. The number of nitrogens with zero attached hydrogens (tertiary/aromatic N) is 6. The van der Waals surface area contributed by atoms with Crippen molar-refractivity contribution in [1.29, 1.82) is 5.26 Å². The maximum Gasteiger partial charge on any atom is 0.225 e. The Morgan fingerprint density at radius 3 is 2.60 bits per heavy atom. The van der Waals surface area contributed by atoms with Crippen LogP contribution in [0.25, 0.3) is 11.3 Å². The first-order chi connectivity index (χ1) is 14.6. The summed E-state index contributed by atoms with van der Waals surface area (Å²) in [5, 5.41) is 9.03. The number of hydrogen-bond donors (Lipinski definition) is 0. The lowest BCUT2D eigenvalue weighted by Gasteiger charge is -2.34. The molecular formula is C22H20F2N6. The molecular weight excluding hydrogens is 386 g/mol. The molecule has 2 aromatic heterocycles. The molecule has 1 aromatic carbocycles. The largest absolute Gasteiger partial charge is 0.338 e. The van der Waals surface area contributed by atoms with E-state index in [1.807, 2.05) is 18.2 Å². The van der Waals surface area contributed by atoms with E-state index in [1.165, 1.54) is 12.1 Å². The molecule has 0 bridgehead atoms. The molecule has 152 valence electrons. The smallest absolute Gasteiger partial charge is 0.225 e. The fraction of sp³-hybridized carbons (Fsp3) is 0.273. The topological polar surface area (TPSA) is 68.9 Å². The van der Waals surface area contributed by atoms with Crippen molar-refractivity contribution in [3.63, 3.8) is 0 Å². The molecule has 0 unspecified atom stereocenters. The van der Waals surface area contributed by atoms with Crippen molar-refractivity contribution in [2.75, 3.05) is 31.1 Å². The van der Waals surface area contributed by atoms with Gasteiger partial charge in [-0.3, -0.25) is 9.88 Å². The Hall–Kier alpha value is -3.44. The first kappa shape index (κ1) is 19.9. The van der Waals surface area contributed by atoms with Crippen LogP contribution in [0.4, 0.5) is 14.7 Å². The van der Waals surface area contributed by atoms with Gasteiger partial charge >= 0.3 is 0 Å². The Bertz CT molecular complexity index is 1070. The van der Waals surface area contributed by atoms with E-state index in [9.17, 15) is 8.78 Å². The van der Waals surface area contributed by atoms with Gasteiger partial charge in [-0.1, -0.05) is 6.07 Å². The van der Waals surface area contributed by atoms with Gasteiger partial charge in [-0.2, -0.15) is 5.26 Å². The number of pyridine rings is 1. The average Bonchev–Trinajstić information content (AvgIpc) is 2.77. The fourth-order valence-corrected chi connectivity index (χ4v) is 3.53. The summed E-state index contributed by atoms with van der Waals surface area (Å²) in [6, 6.07) is 11.4. The van der Waals surface area contributed by atoms with Gasteiger partial charge in [0.15, 0.2) is 0 Å². The zero-order valence-electron chi connectivity index (χ0n) is 16.3. The summed E-state index contributed by atoms with van der Waals surface area (Å²) in [5.41, 5.74) is 2.74. The monoisotopic (exact) mass is 406 g/mol. The zero-order chi connectivity index (χ0) is 20.9. The highest BCUT2D eigenvalue weighted by atomic mass is 19.1. The van der Waals surface area contributed by atoms with Crippen molar-refractivity contribution in [2.45, 2.75) is 13.0 Å². The van der Waals surface area contributed by atoms with Crippen molar-refractivity contribution in [3.05, 3.63) is 71.7 Å². The van der Waals surface area contributed by atoms with Crippen molar-refractivity contribution >= 4 is 5.95 Å². The third-order valence-corrected chi connectivity index (χ3v) is 5.12. The second-order valence-electron chi connectivity index (χ2n) is 7.07. The zero-order valence-corrected chi connectivity index (χ0v) is 16.3. The normalized spacial score (nSPS) is 14.5. The van der Waals surface area contributed by atoms with Gasteiger partial charge in [-0.05, 0) is 24.3 Å². The summed E-state index contributed by atoms with van der Waals surface area (Å²) in [7, 11) is 0. The van der Waals surface area contributed by atoms with E-state index < -0.39 is 11.6 Å². The van der Waals surface area contributed by atoms with Crippen LogP contribution in [0.3, 0.4) is 0 Å². The Morgan fingerprint density at radius 2 is 1.83 bits per heavy atom. The van der Waals surface area contributed by atoms with Crippen LogP contribution < -0.4 is 4.90 Å². The van der Waals surface area contributed by atoms with Gasteiger partial charge in [-0.15, -0.1) is 0 Å². The Kier molecular flexibility index (Phi) is 5.91. The van der Waals surface area contributed by atoms with Crippen LogP contribution in [-0.2, 0) is 13.0 Å². The molecule has 6 nitrogen and oxygen atoms in total. The fourth-order valence-electron chi connectivity index (χ4n) is 3.53. The molecule has 3 aromatic rings. The van der Waals surface area contributed by atoms with E-state index >= 15 is 0 Å². The summed E-state index contributed by atoms with van der Waals surface area (Å²) in [6.07, 6.45) is 3.59. The van der Waals surface area contributed by atoms with E-state index in [2.05, 4.69) is 30.8 Å². The highest BCUT2D eigenvalue weighted by Gasteiger charge is 2.21. The van der Waals surface area contributed by atoms with Crippen LogP contribution in [0.2, 0.25) is 0 Å². The van der Waals surface area contributed by atoms with Crippen LogP contribution >= 0.6 is 0 Å². The number of anilines is 1. The summed E-state index contributed by atoms with van der Waals surface area (Å²) in [4.78, 5) is 17.6. The molecule has 3 heterocycles. The number of hydrogen-bond acceptors (Lipinski definition) is 6. The molecule has 1 aliphatic rings. The minimum atomic E-state index is -0.565. The van der Waals surface area contributed by atoms with E-state index in [-0.39, 0.29) is 6.42 Å². The summed E-state index contributed by atoms with van der Waals surface area (Å²) in [6.45, 7) is 3.27. The number of benzene rings is 1. The van der Waals surface area contributed by atoms with Crippen LogP contribution in [0, 0.1) is 23.0 Å². The first-order valence-corrected chi connectivity index (χ1v) is 9.69. The quantitative estimate of drug-likeness (QED) is 0.648. The lowest BCUT2D eigenvalue weighted by Crippen LogP contribution is -2.46. The SMILES string of the molecule is N#CCc1ncccc1-c1ccnc(N2CCN(Cc3ccc(F)cc3F)CC2)n1. The second-order valence-corrected chi connectivity index (χ2v) is 7.07. The third-order valence-electron chi connectivity index (χ3n) is 5.12. The van der Waals surface area contributed by atoms with Crippen molar-refractivity contribution < 1.29 is 8.78 Å². The molecule has 0 atom stereocenters. The molecule has 1 fully saturated rings. The lowest BCUT2D eigenvalue weighted by molar-refractivity contribution is 0.245. The van der Waals surface area contributed by atoms with Crippen LogP contribution in [-0.4, -0.2) is 46.0 Å². The number of rotatable bonds is 5. The second kappa shape index (κ2) is 8.93. The number of aromatic nitrogens is 3. The van der Waals surface area contributed by atoms with Gasteiger partial charge in [0.1, 0.15) is 11.6 Å². The maximum atomic E-state index is 13.9. The van der Waals surface area contributed by atoms with E-state index in [4.69, 9.17) is 5.26 Å². The first-order valence-electron chi connectivity index (χ1n) is 9.69. The van der Waals surface area contributed by atoms with Gasteiger partial charge in [0.25, 0.3) is 0 Å². The van der Waals surface area contributed by atoms with E-state index in [1.54, 1.807) is 12.4 Å². The molecule has 4 rings (SSSR count). The molecule has 0 N–H and O–H groups in total. The Morgan fingerprint density at radius 1 is 1.00 bits per heavy atom. The van der Waals surface area contributed by atoms with Crippen LogP contribution in [0.15, 0.2) is 48.8 Å². The van der Waals surface area contributed by atoms with E-state index in [0.29, 0.717) is 36.8 Å². The molecule has 0 aliphatic carbocycles. The van der Waals surface area contributed by atoms with Crippen molar-refractivity contribution in [3.8, 4) is 17.3 Å². The molecule has 0 amide bonds. The van der Waals surface area contributed by atoms with Crippen molar-refractivity contribution in [1.82, 2.24) is 19.9 Å². The molecule has 1 saturated heterocycles. The van der Waals surface area contributed by atoms with Crippen LogP contribution in [0.5, 0.6) is 0 Å². The van der Waals surface area contributed by atoms with Gasteiger partial charge in [-0.25, -0.2) is 18.7 Å². The predicted molar refractivity (Wildman–Crippen MR) is 108 cm³/mol. The number of nitriles is 1. The van der Waals surface area contributed by atoms with Crippen LogP contribution in [0.1, 0.15) is 11.3 Å². The number of halogens is 2. The van der Waals surface area contributed by atoms with E-state index in [0.717, 1.165) is 30.4 Å². The molecule has 0 radical (unpaired) electrons. The molecule has 30 heavy (non-hydrogen) atoms. The van der Waals surface area contributed by atoms with Gasteiger partial charge < -0.3 is 4.90 Å². The summed E-state index contributed by atoms with van der Waals surface area (Å²) < 4.78 is 27.0. The minimum Gasteiger partial charge on any atom is -0.338 e. The minimum absolute atomic E-state index is 0.216. The highest BCUT2D eigenvalue weighted by Crippen LogP contribution is 2.23. The summed E-state index contributed by atoms with van der Waals surface area (Å²) in [5.74, 6) is -0.463. The van der Waals surface area contributed by atoms with Gasteiger partial charge in [0.05, 0.1) is 23.9 Å². The van der Waals surface area contributed by atoms with Gasteiger partial charge in [0.2, 0.25) is 5.95 Å². The molecule has 0 spiro atoms. The Labute approximate surface area is 173 Å².